The van der Waals surface area contributed by atoms with Gasteiger partial charge in [0, 0.05) is 12.7 Å². The highest BCUT2D eigenvalue weighted by Gasteiger charge is 2.38. The lowest BCUT2D eigenvalue weighted by atomic mass is 9.97. The number of ether oxygens (including phenoxy) is 3. The number of hydrazine groups is 1. The van der Waals surface area contributed by atoms with Crippen LogP contribution in [0.4, 0.5) is 0 Å². The Morgan fingerprint density at radius 2 is 1.95 bits per heavy atom. The molecule has 1 saturated carbocycles. The van der Waals surface area contributed by atoms with E-state index in [9.17, 15) is 0 Å². The minimum Gasteiger partial charge on any atom is -0.495 e. The van der Waals surface area contributed by atoms with Gasteiger partial charge in [0.2, 0.25) is 0 Å². The van der Waals surface area contributed by atoms with Gasteiger partial charge < -0.3 is 14.2 Å². The number of nitrogens with one attached hydrogen (secondary N) is 1. The Bertz CT molecular complexity index is 466. The molecule has 1 aromatic rings. The van der Waals surface area contributed by atoms with Crippen molar-refractivity contribution < 1.29 is 14.2 Å². The summed E-state index contributed by atoms with van der Waals surface area (Å²) in [5.74, 6) is 7.75. The second-order valence-corrected chi connectivity index (χ2v) is 5.68. The first-order chi connectivity index (χ1) is 9.67. The summed E-state index contributed by atoms with van der Waals surface area (Å²) in [6.07, 6.45) is 2.39. The lowest BCUT2D eigenvalue weighted by Gasteiger charge is -2.27. The largest absolute Gasteiger partial charge is 0.495 e. The van der Waals surface area contributed by atoms with Gasteiger partial charge in [-0.3, -0.25) is 11.3 Å². The number of halogens is 1. The summed E-state index contributed by atoms with van der Waals surface area (Å²) in [6, 6.07) is 3.73. The highest BCUT2D eigenvalue weighted by Crippen LogP contribution is 2.45. The molecule has 0 saturated heterocycles. The smallest absolute Gasteiger partial charge is 0.141 e. The Balaban J connectivity index is 2.40. The molecule has 112 valence electrons. The first-order valence-electron chi connectivity index (χ1n) is 6.57. The van der Waals surface area contributed by atoms with Crippen LogP contribution < -0.4 is 20.7 Å². The van der Waals surface area contributed by atoms with Crippen molar-refractivity contribution >= 4 is 15.9 Å². The van der Waals surface area contributed by atoms with Crippen molar-refractivity contribution in [2.24, 2.45) is 11.8 Å². The molecule has 2 rings (SSSR count). The number of methoxy groups -OCH3 is 3. The molecule has 3 N–H and O–H groups in total. The molecular weight excluding hydrogens is 324 g/mol. The molecule has 2 atom stereocenters. The lowest BCUT2D eigenvalue weighted by Crippen LogP contribution is -2.39. The Morgan fingerprint density at radius 1 is 1.25 bits per heavy atom. The third-order valence-electron chi connectivity index (χ3n) is 3.72. The van der Waals surface area contributed by atoms with Crippen LogP contribution in [-0.4, -0.2) is 27.4 Å². The normalized spacial score (nSPS) is 17.6. The molecule has 0 bridgehead atoms. The van der Waals surface area contributed by atoms with Crippen molar-refractivity contribution in [3.63, 3.8) is 0 Å². The topological polar surface area (TPSA) is 65.7 Å². The van der Waals surface area contributed by atoms with E-state index in [0.29, 0.717) is 5.92 Å². The van der Waals surface area contributed by atoms with Crippen LogP contribution in [0, 0.1) is 5.92 Å². The number of hydrogen-bond donors (Lipinski definition) is 2. The highest BCUT2D eigenvalue weighted by molar-refractivity contribution is 9.10. The minimum atomic E-state index is -0.121. The van der Waals surface area contributed by atoms with E-state index in [0.717, 1.165) is 21.5 Å². The summed E-state index contributed by atoms with van der Waals surface area (Å²) >= 11 is 3.51. The Kier molecular flexibility index (Phi) is 5.26. The number of nitrogens with two attached hydrogens (primary N) is 1. The van der Waals surface area contributed by atoms with Crippen LogP contribution >= 0.6 is 15.9 Å². The SMILES string of the molecule is COc1ccc(C(NN)C(OC)C2CC2)c(OC)c1Br. The molecule has 1 fully saturated rings. The van der Waals surface area contributed by atoms with Gasteiger partial charge >= 0.3 is 0 Å². The third kappa shape index (κ3) is 2.93. The van der Waals surface area contributed by atoms with Crippen molar-refractivity contribution in [3.05, 3.63) is 22.2 Å². The third-order valence-corrected chi connectivity index (χ3v) is 4.47. The van der Waals surface area contributed by atoms with E-state index >= 15 is 0 Å². The van der Waals surface area contributed by atoms with E-state index in [1.807, 2.05) is 12.1 Å². The number of benzene rings is 1. The Hall–Kier alpha value is -0.820. The first-order valence-corrected chi connectivity index (χ1v) is 7.36. The minimum absolute atomic E-state index is 0.0363. The fourth-order valence-electron chi connectivity index (χ4n) is 2.55. The van der Waals surface area contributed by atoms with Crippen molar-refractivity contribution in [3.8, 4) is 11.5 Å². The maximum absolute atomic E-state index is 5.76. The predicted octanol–water partition coefficient (Wildman–Crippen LogP) is 2.40. The number of hydrogen-bond acceptors (Lipinski definition) is 5. The zero-order valence-electron chi connectivity index (χ0n) is 12.0. The molecule has 1 aliphatic carbocycles. The predicted molar refractivity (Wildman–Crippen MR) is 80.8 cm³/mol. The van der Waals surface area contributed by atoms with Gasteiger partial charge in [0.15, 0.2) is 0 Å². The Morgan fingerprint density at radius 3 is 2.40 bits per heavy atom. The summed E-state index contributed by atoms with van der Waals surface area (Å²) in [4.78, 5) is 0. The lowest BCUT2D eigenvalue weighted by molar-refractivity contribution is 0.0499. The molecule has 0 aliphatic heterocycles. The molecule has 5 nitrogen and oxygen atoms in total. The molecule has 0 spiro atoms. The average molecular weight is 345 g/mol. The van der Waals surface area contributed by atoms with E-state index in [4.69, 9.17) is 20.1 Å². The fourth-order valence-corrected chi connectivity index (χ4v) is 3.23. The summed E-state index contributed by atoms with van der Waals surface area (Å²) in [7, 11) is 4.98. The maximum Gasteiger partial charge on any atom is 0.141 e. The molecule has 1 aromatic carbocycles. The van der Waals surface area contributed by atoms with Gasteiger partial charge in [0.05, 0.1) is 26.4 Å². The molecule has 0 aromatic heterocycles. The molecular formula is C14H21BrN2O3. The molecule has 0 heterocycles. The molecule has 20 heavy (non-hydrogen) atoms. The quantitative estimate of drug-likeness (QED) is 0.587. The van der Waals surface area contributed by atoms with E-state index in [1.54, 1.807) is 21.3 Å². The van der Waals surface area contributed by atoms with Crippen molar-refractivity contribution in [2.45, 2.75) is 25.0 Å². The van der Waals surface area contributed by atoms with E-state index < -0.39 is 0 Å². The van der Waals surface area contributed by atoms with Gasteiger partial charge in [-0.25, -0.2) is 0 Å². The summed E-state index contributed by atoms with van der Waals surface area (Å²) in [6.45, 7) is 0. The van der Waals surface area contributed by atoms with Crippen LogP contribution in [-0.2, 0) is 4.74 Å². The average Bonchev–Trinajstić information content (AvgIpc) is 3.29. The van der Waals surface area contributed by atoms with Gasteiger partial charge in [-0.1, -0.05) is 0 Å². The fraction of sp³-hybridized carbons (Fsp3) is 0.571. The van der Waals surface area contributed by atoms with E-state index in [-0.39, 0.29) is 12.1 Å². The van der Waals surface area contributed by atoms with Gasteiger partial charge in [0.25, 0.3) is 0 Å². The van der Waals surface area contributed by atoms with Gasteiger partial charge in [-0.15, -0.1) is 0 Å². The molecule has 6 heteroatoms. The van der Waals surface area contributed by atoms with Crippen molar-refractivity contribution in [1.29, 1.82) is 0 Å². The highest BCUT2D eigenvalue weighted by atomic mass is 79.9. The van der Waals surface area contributed by atoms with Crippen LogP contribution in [0.2, 0.25) is 0 Å². The monoisotopic (exact) mass is 344 g/mol. The van der Waals surface area contributed by atoms with Gasteiger partial charge in [0.1, 0.15) is 16.0 Å². The van der Waals surface area contributed by atoms with Crippen LogP contribution in [0.5, 0.6) is 11.5 Å². The zero-order chi connectivity index (χ0) is 14.7. The van der Waals surface area contributed by atoms with Crippen molar-refractivity contribution in [1.82, 2.24) is 5.43 Å². The van der Waals surface area contributed by atoms with Gasteiger partial charge in [-0.05, 0) is 46.8 Å². The van der Waals surface area contributed by atoms with Crippen LogP contribution in [0.3, 0.4) is 0 Å². The van der Waals surface area contributed by atoms with E-state index in [2.05, 4.69) is 21.4 Å². The Labute approximate surface area is 127 Å². The molecule has 0 amide bonds. The summed E-state index contributed by atoms with van der Waals surface area (Å²) < 4.78 is 17.2. The van der Waals surface area contributed by atoms with Crippen LogP contribution in [0.25, 0.3) is 0 Å². The second-order valence-electron chi connectivity index (χ2n) is 4.89. The van der Waals surface area contributed by atoms with Gasteiger partial charge in [-0.2, -0.15) is 0 Å². The summed E-state index contributed by atoms with van der Waals surface area (Å²) in [5, 5.41) is 0. The first kappa shape index (κ1) is 15.6. The maximum atomic E-state index is 5.76. The van der Waals surface area contributed by atoms with Crippen LogP contribution in [0.1, 0.15) is 24.4 Å². The van der Waals surface area contributed by atoms with Crippen molar-refractivity contribution in [2.75, 3.05) is 21.3 Å². The summed E-state index contributed by atoms with van der Waals surface area (Å²) in [5.41, 5.74) is 3.82. The molecule has 2 unspecified atom stereocenters. The van der Waals surface area contributed by atoms with Crippen LogP contribution in [0.15, 0.2) is 16.6 Å². The number of rotatable bonds is 7. The molecule has 1 aliphatic rings. The standard InChI is InChI=1S/C14H21BrN2O3/c1-18-10-7-6-9(14(20-3)11(10)15)12(17-16)13(19-2)8-4-5-8/h6-8,12-13,17H,4-5,16H2,1-3H3. The zero-order valence-corrected chi connectivity index (χ0v) is 13.6. The van der Waals surface area contributed by atoms with E-state index in [1.165, 1.54) is 12.8 Å². The molecule has 0 radical (unpaired) electrons. The second kappa shape index (κ2) is 6.76.